The summed E-state index contributed by atoms with van der Waals surface area (Å²) in [7, 11) is 0. The fraction of sp³-hybridized carbons (Fsp3) is 0.333. The molecule has 0 aliphatic rings. The number of rotatable bonds is 5. The van der Waals surface area contributed by atoms with E-state index in [0.717, 1.165) is 11.0 Å². The smallest absolute Gasteiger partial charge is 0.224 e. The largest absolute Gasteiger partial charge is 0.362 e. The number of halogens is 1. The lowest BCUT2D eigenvalue weighted by Gasteiger charge is -2.07. The van der Waals surface area contributed by atoms with Crippen molar-refractivity contribution in [2.75, 3.05) is 17.2 Å². The Morgan fingerprint density at radius 3 is 2.94 bits per heavy atom. The van der Waals surface area contributed by atoms with Gasteiger partial charge in [0, 0.05) is 12.7 Å². The van der Waals surface area contributed by atoms with Crippen molar-refractivity contribution in [1.29, 1.82) is 0 Å². The van der Waals surface area contributed by atoms with E-state index in [1.807, 2.05) is 6.92 Å². The van der Waals surface area contributed by atoms with Gasteiger partial charge in [0.05, 0.1) is 11.0 Å². The molecule has 0 radical (unpaired) electrons. The van der Waals surface area contributed by atoms with Crippen LogP contribution in [-0.2, 0) is 6.54 Å². The Labute approximate surface area is 106 Å². The molecule has 7 nitrogen and oxygen atoms in total. The van der Waals surface area contributed by atoms with Gasteiger partial charge in [0.25, 0.3) is 0 Å². The maximum atomic E-state index is 4.64. The Kier molecular flexibility index (Phi) is 3.86. The van der Waals surface area contributed by atoms with E-state index in [1.165, 1.54) is 6.39 Å². The van der Waals surface area contributed by atoms with E-state index in [0.29, 0.717) is 24.1 Å². The minimum absolute atomic E-state index is 0.442. The lowest BCUT2D eigenvalue weighted by atomic mass is 10.5. The molecule has 0 amide bonds. The molecule has 2 N–H and O–H groups in total. The van der Waals surface area contributed by atoms with Crippen LogP contribution in [0.5, 0.6) is 0 Å². The third-order valence-electron chi connectivity index (χ3n) is 1.90. The second kappa shape index (κ2) is 5.58. The molecule has 0 atom stereocenters. The van der Waals surface area contributed by atoms with E-state index < -0.39 is 0 Å². The summed E-state index contributed by atoms with van der Waals surface area (Å²) in [6, 6.07) is 0. The predicted molar refractivity (Wildman–Crippen MR) is 65.5 cm³/mol. The molecule has 0 fully saturated rings. The van der Waals surface area contributed by atoms with E-state index >= 15 is 0 Å². The average Bonchev–Trinajstić information content (AvgIpc) is 2.83. The van der Waals surface area contributed by atoms with Crippen molar-refractivity contribution >= 4 is 27.7 Å². The molecular weight excluding hydrogens is 288 g/mol. The Balaban J connectivity index is 2.06. The van der Waals surface area contributed by atoms with Gasteiger partial charge in [-0.1, -0.05) is 5.16 Å². The van der Waals surface area contributed by atoms with Gasteiger partial charge in [-0.25, -0.2) is 4.98 Å². The molecule has 0 aliphatic heterocycles. The van der Waals surface area contributed by atoms with Crippen molar-refractivity contribution < 1.29 is 4.52 Å². The first kappa shape index (κ1) is 11.8. The maximum Gasteiger partial charge on any atom is 0.224 e. The van der Waals surface area contributed by atoms with Gasteiger partial charge in [-0.3, -0.25) is 0 Å². The van der Waals surface area contributed by atoms with Crippen molar-refractivity contribution in [1.82, 2.24) is 20.1 Å². The molecule has 2 aromatic rings. The molecule has 0 saturated heterocycles. The molecular formula is C9H11BrN6O. The van der Waals surface area contributed by atoms with Crippen LogP contribution in [0.1, 0.15) is 12.7 Å². The van der Waals surface area contributed by atoms with Crippen LogP contribution in [-0.4, -0.2) is 26.7 Å². The molecule has 0 spiro atoms. The fourth-order valence-corrected chi connectivity index (χ4v) is 1.50. The molecule has 2 aromatic heterocycles. The summed E-state index contributed by atoms with van der Waals surface area (Å²) in [5, 5.41) is 9.82. The fourth-order valence-electron chi connectivity index (χ4n) is 1.17. The maximum absolute atomic E-state index is 4.64. The summed E-state index contributed by atoms with van der Waals surface area (Å²) in [5.74, 6) is 1.83. The molecule has 0 aromatic carbocycles. The van der Waals surface area contributed by atoms with Crippen molar-refractivity contribution in [2.45, 2.75) is 13.5 Å². The van der Waals surface area contributed by atoms with E-state index in [-0.39, 0.29) is 0 Å². The lowest BCUT2D eigenvalue weighted by Crippen LogP contribution is -2.07. The van der Waals surface area contributed by atoms with Gasteiger partial charge in [-0.2, -0.15) is 9.97 Å². The first-order valence-electron chi connectivity index (χ1n) is 5.05. The van der Waals surface area contributed by atoms with Crippen molar-refractivity contribution in [3.8, 4) is 0 Å². The van der Waals surface area contributed by atoms with Gasteiger partial charge < -0.3 is 15.2 Å². The Morgan fingerprint density at radius 1 is 1.35 bits per heavy atom. The van der Waals surface area contributed by atoms with E-state index in [9.17, 15) is 0 Å². The number of anilines is 2. The summed E-state index contributed by atoms with van der Waals surface area (Å²) < 4.78 is 5.42. The van der Waals surface area contributed by atoms with Crippen LogP contribution in [0.3, 0.4) is 0 Å². The van der Waals surface area contributed by atoms with Crippen molar-refractivity contribution in [3.63, 3.8) is 0 Å². The van der Waals surface area contributed by atoms with E-state index in [4.69, 9.17) is 0 Å². The number of nitrogens with zero attached hydrogens (tertiary/aromatic N) is 4. The monoisotopic (exact) mass is 298 g/mol. The summed E-state index contributed by atoms with van der Waals surface area (Å²) >= 11 is 3.37. The van der Waals surface area contributed by atoms with Crippen LogP contribution >= 0.6 is 15.9 Å². The van der Waals surface area contributed by atoms with Gasteiger partial charge in [0.1, 0.15) is 5.82 Å². The summed E-state index contributed by atoms with van der Waals surface area (Å²) in [6.07, 6.45) is 2.97. The van der Waals surface area contributed by atoms with Crippen LogP contribution < -0.4 is 10.6 Å². The predicted octanol–water partition coefficient (Wildman–Crippen LogP) is 1.67. The van der Waals surface area contributed by atoms with Gasteiger partial charge in [0.15, 0.2) is 5.82 Å². The molecule has 17 heavy (non-hydrogen) atoms. The Bertz CT molecular complexity index is 474. The van der Waals surface area contributed by atoms with Gasteiger partial charge >= 0.3 is 0 Å². The molecule has 0 unspecified atom stereocenters. The van der Waals surface area contributed by atoms with Crippen molar-refractivity contribution in [3.05, 3.63) is 22.9 Å². The minimum atomic E-state index is 0.442. The Hall–Kier alpha value is -1.70. The summed E-state index contributed by atoms with van der Waals surface area (Å²) in [6.45, 7) is 3.20. The highest BCUT2D eigenvalue weighted by molar-refractivity contribution is 9.10. The quantitative estimate of drug-likeness (QED) is 0.868. The van der Waals surface area contributed by atoms with Crippen LogP contribution in [0.25, 0.3) is 0 Å². The highest BCUT2D eigenvalue weighted by Crippen LogP contribution is 2.20. The van der Waals surface area contributed by atoms with E-state index in [1.54, 1.807) is 6.20 Å². The van der Waals surface area contributed by atoms with Gasteiger partial charge in [-0.15, -0.1) is 0 Å². The van der Waals surface area contributed by atoms with Gasteiger partial charge in [0.2, 0.25) is 12.3 Å². The van der Waals surface area contributed by atoms with Crippen LogP contribution in [0.15, 0.2) is 21.6 Å². The SMILES string of the molecule is CCNc1ncc(Br)c(NCc2ncon2)n1. The van der Waals surface area contributed by atoms with Crippen LogP contribution in [0.4, 0.5) is 11.8 Å². The number of aromatic nitrogens is 4. The molecule has 0 aliphatic carbocycles. The van der Waals surface area contributed by atoms with Crippen LogP contribution in [0, 0.1) is 0 Å². The third-order valence-corrected chi connectivity index (χ3v) is 2.48. The zero-order valence-corrected chi connectivity index (χ0v) is 10.7. The summed E-state index contributed by atoms with van der Waals surface area (Å²) in [4.78, 5) is 12.3. The topological polar surface area (TPSA) is 88.8 Å². The minimum Gasteiger partial charge on any atom is -0.362 e. The normalized spacial score (nSPS) is 10.2. The molecule has 0 saturated carbocycles. The van der Waals surface area contributed by atoms with E-state index in [2.05, 4.69) is 51.2 Å². The second-order valence-corrected chi connectivity index (χ2v) is 3.98. The van der Waals surface area contributed by atoms with Crippen molar-refractivity contribution in [2.24, 2.45) is 0 Å². The Morgan fingerprint density at radius 2 is 2.24 bits per heavy atom. The molecule has 8 heteroatoms. The highest BCUT2D eigenvalue weighted by Gasteiger charge is 2.05. The molecule has 0 bridgehead atoms. The summed E-state index contributed by atoms with van der Waals surface area (Å²) in [5.41, 5.74) is 0. The first-order chi connectivity index (χ1) is 8.29. The number of nitrogens with one attached hydrogen (secondary N) is 2. The number of hydrogen-bond acceptors (Lipinski definition) is 7. The second-order valence-electron chi connectivity index (χ2n) is 3.12. The highest BCUT2D eigenvalue weighted by atomic mass is 79.9. The first-order valence-corrected chi connectivity index (χ1v) is 5.84. The zero-order valence-electron chi connectivity index (χ0n) is 9.14. The van der Waals surface area contributed by atoms with Gasteiger partial charge in [-0.05, 0) is 22.9 Å². The number of hydrogen-bond donors (Lipinski definition) is 2. The van der Waals surface area contributed by atoms with Crippen LogP contribution in [0.2, 0.25) is 0 Å². The molecule has 2 rings (SSSR count). The zero-order chi connectivity index (χ0) is 12.1. The average molecular weight is 299 g/mol. The third kappa shape index (κ3) is 3.13. The molecule has 90 valence electrons. The lowest BCUT2D eigenvalue weighted by molar-refractivity contribution is 0.411. The standard InChI is InChI=1S/C9H11BrN6O/c1-2-11-9-13-3-6(10)8(15-9)12-4-7-14-5-17-16-7/h3,5H,2,4H2,1H3,(H2,11,12,13,15). The molecule has 2 heterocycles.